The molecule has 1 fully saturated rings. The maximum atomic E-state index is 13.8. The summed E-state index contributed by atoms with van der Waals surface area (Å²) in [6.07, 6.45) is -0.842. The van der Waals surface area contributed by atoms with Crippen molar-refractivity contribution in [1.82, 2.24) is 9.21 Å². The smallest absolute Gasteiger partial charge is 0.325 e. The molecule has 9 heteroatoms. The molecule has 2 heterocycles. The van der Waals surface area contributed by atoms with E-state index in [0.717, 1.165) is 16.7 Å². The quantitative estimate of drug-likeness (QED) is 0.602. The van der Waals surface area contributed by atoms with Gasteiger partial charge in [-0.15, -0.1) is 0 Å². The summed E-state index contributed by atoms with van der Waals surface area (Å²) in [5.74, 6) is -1.03. The lowest BCUT2D eigenvalue weighted by molar-refractivity contribution is -0.164. The highest BCUT2D eigenvalue weighted by molar-refractivity contribution is 7.89. The van der Waals surface area contributed by atoms with Crippen LogP contribution in [0.2, 0.25) is 0 Å². The number of nitrogens with zero attached hydrogens (tertiary/aromatic N) is 2. The van der Waals surface area contributed by atoms with E-state index >= 15 is 0 Å². The Bertz CT molecular complexity index is 1190. The summed E-state index contributed by atoms with van der Waals surface area (Å²) in [5.41, 5.74) is 3.15. The van der Waals surface area contributed by atoms with Gasteiger partial charge >= 0.3 is 5.97 Å². The van der Waals surface area contributed by atoms with Gasteiger partial charge in [0.15, 0.2) is 6.10 Å². The van der Waals surface area contributed by atoms with E-state index in [2.05, 4.69) is 0 Å². The van der Waals surface area contributed by atoms with Crippen molar-refractivity contribution in [1.29, 1.82) is 0 Å². The summed E-state index contributed by atoms with van der Waals surface area (Å²) < 4.78 is 39.6. The van der Waals surface area contributed by atoms with Crippen LogP contribution in [0.4, 0.5) is 0 Å². The number of carbonyl (C=O) groups excluding carboxylic acids is 2. The van der Waals surface area contributed by atoms with E-state index in [-0.39, 0.29) is 23.8 Å². The number of carbonyl (C=O) groups is 2. The Labute approximate surface area is 200 Å². The van der Waals surface area contributed by atoms with Gasteiger partial charge in [-0.25, -0.2) is 8.42 Å². The van der Waals surface area contributed by atoms with Gasteiger partial charge in [0.05, 0.1) is 18.1 Å². The van der Waals surface area contributed by atoms with E-state index in [4.69, 9.17) is 9.47 Å². The number of hydrogen-bond acceptors (Lipinski definition) is 6. The van der Waals surface area contributed by atoms with Gasteiger partial charge in [0.2, 0.25) is 10.0 Å². The summed E-state index contributed by atoms with van der Waals surface area (Å²) in [5, 5.41) is 0. The molecule has 0 unspecified atom stereocenters. The van der Waals surface area contributed by atoms with Crippen LogP contribution in [0.5, 0.6) is 0 Å². The number of amides is 1. The van der Waals surface area contributed by atoms with Crippen LogP contribution in [0.15, 0.2) is 47.4 Å². The Hall–Kier alpha value is -2.75. The van der Waals surface area contributed by atoms with Gasteiger partial charge in [-0.2, -0.15) is 4.31 Å². The number of hydrogen-bond donors (Lipinski definition) is 0. The number of aryl methyl sites for hydroxylation is 2. The minimum Gasteiger partial charge on any atom is -0.451 e. The first-order chi connectivity index (χ1) is 16.2. The zero-order valence-corrected chi connectivity index (χ0v) is 20.5. The van der Waals surface area contributed by atoms with Gasteiger partial charge in [-0.1, -0.05) is 36.4 Å². The van der Waals surface area contributed by atoms with Gasteiger partial charge in [-0.05, 0) is 49.1 Å². The van der Waals surface area contributed by atoms with Crippen LogP contribution in [-0.4, -0.2) is 67.9 Å². The fourth-order valence-corrected chi connectivity index (χ4v) is 6.28. The molecule has 8 nitrogen and oxygen atoms in total. The number of sulfonamides is 1. The maximum absolute atomic E-state index is 13.8. The van der Waals surface area contributed by atoms with Crippen molar-refractivity contribution in [3.8, 4) is 0 Å². The van der Waals surface area contributed by atoms with Crippen molar-refractivity contribution in [3.05, 3.63) is 64.7 Å². The highest BCUT2D eigenvalue weighted by atomic mass is 32.2. The Morgan fingerprint density at radius 1 is 1.06 bits per heavy atom. The van der Waals surface area contributed by atoms with Crippen LogP contribution in [0.3, 0.4) is 0 Å². The number of morpholine rings is 1. The molecule has 0 saturated carbocycles. The van der Waals surface area contributed by atoms with Crippen molar-refractivity contribution in [2.24, 2.45) is 0 Å². The number of esters is 1. The third-order valence-corrected chi connectivity index (χ3v) is 8.37. The van der Waals surface area contributed by atoms with Gasteiger partial charge in [0.25, 0.3) is 5.91 Å². The summed E-state index contributed by atoms with van der Waals surface area (Å²) >= 11 is 0. The molecule has 2 aromatic carbocycles. The SMILES string of the molecule is Cc1ccc(C)c(S(=O)(=O)N2Cc3ccccc3C[C@H]2C(=O)O[C@H](C)C(=O)N2CCOCC2)c1. The minimum absolute atomic E-state index is 0.0530. The summed E-state index contributed by atoms with van der Waals surface area (Å²) in [6.45, 7) is 6.89. The van der Waals surface area contributed by atoms with Crippen molar-refractivity contribution < 1.29 is 27.5 Å². The lowest BCUT2D eigenvalue weighted by Crippen LogP contribution is -2.51. The second kappa shape index (κ2) is 9.85. The summed E-state index contributed by atoms with van der Waals surface area (Å²) in [6, 6.07) is 11.6. The van der Waals surface area contributed by atoms with E-state index in [1.807, 2.05) is 37.3 Å². The van der Waals surface area contributed by atoms with Crippen LogP contribution in [0.25, 0.3) is 0 Å². The van der Waals surface area contributed by atoms with Crippen molar-refractivity contribution >= 4 is 21.9 Å². The van der Waals surface area contributed by atoms with Gasteiger partial charge in [0, 0.05) is 26.1 Å². The van der Waals surface area contributed by atoms with Crippen LogP contribution in [0.1, 0.15) is 29.2 Å². The maximum Gasteiger partial charge on any atom is 0.325 e. The topological polar surface area (TPSA) is 93.2 Å². The Balaban J connectivity index is 1.63. The first-order valence-electron chi connectivity index (χ1n) is 11.4. The van der Waals surface area contributed by atoms with E-state index in [1.165, 1.54) is 11.2 Å². The van der Waals surface area contributed by atoms with Crippen molar-refractivity contribution in [2.75, 3.05) is 26.3 Å². The monoisotopic (exact) mass is 486 g/mol. The molecule has 2 atom stereocenters. The number of rotatable bonds is 5. The fourth-order valence-electron chi connectivity index (χ4n) is 4.41. The molecule has 2 aromatic rings. The zero-order chi connectivity index (χ0) is 24.5. The molecule has 1 amide bonds. The molecule has 1 saturated heterocycles. The summed E-state index contributed by atoms with van der Waals surface area (Å²) in [7, 11) is -4.01. The lowest BCUT2D eigenvalue weighted by Gasteiger charge is -2.35. The van der Waals surface area contributed by atoms with Crippen molar-refractivity contribution in [3.63, 3.8) is 0 Å². The first-order valence-corrected chi connectivity index (χ1v) is 12.9. The van der Waals surface area contributed by atoms with Crippen LogP contribution < -0.4 is 0 Å². The Morgan fingerprint density at radius 3 is 2.44 bits per heavy atom. The zero-order valence-electron chi connectivity index (χ0n) is 19.7. The molecular weight excluding hydrogens is 456 g/mol. The van der Waals surface area contributed by atoms with Gasteiger partial charge < -0.3 is 14.4 Å². The Morgan fingerprint density at radius 2 is 1.74 bits per heavy atom. The molecule has 0 radical (unpaired) electrons. The second-order valence-electron chi connectivity index (χ2n) is 8.82. The molecule has 0 aliphatic carbocycles. The Kier molecular flexibility index (Phi) is 7.06. The van der Waals surface area contributed by atoms with E-state index < -0.39 is 28.1 Å². The minimum atomic E-state index is -4.01. The molecule has 0 aromatic heterocycles. The number of ether oxygens (including phenoxy) is 2. The molecule has 2 aliphatic heterocycles. The van der Waals surface area contributed by atoms with Crippen molar-refractivity contribution in [2.45, 2.75) is 50.8 Å². The molecule has 182 valence electrons. The summed E-state index contributed by atoms with van der Waals surface area (Å²) in [4.78, 5) is 27.8. The predicted molar refractivity (Wildman–Crippen MR) is 126 cm³/mol. The molecule has 0 N–H and O–H groups in total. The van der Waals surface area contributed by atoms with Gasteiger partial charge in [-0.3, -0.25) is 9.59 Å². The number of fused-ring (bicyclic) bond motifs is 1. The molecule has 0 spiro atoms. The van der Waals surface area contributed by atoms with Crippen LogP contribution in [0, 0.1) is 13.8 Å². The molecule has 2 aliphatic rings. The third kappa shape index (κ3) is 4.87. The highest BCUT2D eigenvalue weighted by Crippen LogP contribution is 2.31. The fraction of sp³-hybridized carbons (Fsp3) is 0.440. The molecule has 4 rings (SSSR count). The average Bonchev–Trinajstić information content (AvgIpc) is 2.84. The molecular formula is C25H30N2O6S. The standard InChI is InChI=1S/C25H30N2O6S/c1-17-8-9-18(2)23(14-17)34(30,31)27-16-21-7-5-4-6-20(21)15-22(27)25(29)33-19(3)24(28)26-10-12-32-13-11-26/h4-9,14,19,22H,10-13,15-16H2,1-3H3/t19-,22+/m1/s1. The largest absolute Gasteiger partial charge is 0.451 e. The first kappa shape index (κ1) is 24.4. The third-order valence-electron chi connectivity index (χ3n) is 6.37. The lowest BCUT2D eigenvalue weighted by atomic mass is 9.96. The van der Waals surface area contributed by atoms with Gasteiger partial charge in [0.1, 0.15) is 6.04 Å². The highest BCUT2D eigenvalue weighted by Gasteiger charge is 2.42. The second-order valence-corrected chi connectivity index (χ2v) is 10.7. The predicted octanol–water partition coefficient (Wildman–Crippen LogP) is 2.21. The van der Waals surface area contributed by atoms with E-state index in [1.54, 1.807) is 24.0 Å². The van der Waals surface area contributed by atoms with E-state index in [0.29, 0.717) is 31.9 Å². The van der Waals surface area contributed by atoms with E-state index in [9.17, 15) is 18.0 Å². The average molecular weight is 487 g/mol. The molecule has 0 bridgehead atoms. The molecule has 34 heavy (non-hydrogen) atoms. The number of benzene rings is 2. The van der Waals surface area contributed by atoms with Crippen LogP contribution in [-0.2, 0) is 42.1 Å². The van der Waals surface area contributed by atoms with Crippen LogP contribution >= 0.6 is 0 Å². The normalized spacial score (nSPS) is 19.9.